The number of rotatable bonds is 3. The smallest absolute Gasteiger partial charge is 0.350 e. The Balaban J connectivity index is 1.69. The van der Waals surface area contributed by atoms with Crippen LogP contribution in [0, 0.1) is 0 Å². The molecule has 3 rings (SSSR count). The number of cyclic esters (lactones) is 2. The Morgan fingerprint density at radius 1 is 1.17 bits per heavy atom. The molecule has 0 bridgehead atoms. The first-order valence-corrected chi connectivity index (χ1v) is 7.77. The van der Waals surface area contributed by atoms with E-state index in [2.05, 4.69) is 15.6 Å². The summed E-state index contributed by atoms with van der Waals surface area (Å²) in [6.07, 6.45) is 2.34. The van der Waals surface area contributed by atoms with Crippen LogP contribution in [0.25, 0.3) is 0 Å². The van der Waals surface area contributed by atoms with Crippen molar-refractivity contribution in [3.63, 3.8) is 0 Å². The highest BCUT2D eigenvalue weighted by Gasteiger charge is 2.38. The summed E-state index contributed by atoms with van der Waals surface area (Å²) in [5.74, 6) is -1.77. The van der Waals surface area contributed by atoms with Crippen molar-refractivity contribution < 1.29 is 19.1 Å². The first-order chi connectivity index (χ1) is 11.4. The van der Waals surface area contributed by atoms with Gasteiger partial charge in [-0.2, -0.15) is 0 Å². The van der Waals surface area contributed by atoms with E-state index in [4.69, 9.17) is 9.47 Å². The van der Waals surface area contributed by atoms with E-state index in [-0.39, 0.29) is 5.57 Å². The van der Waals surface area contributed by atoms with E-state index >= 15 is 0 Å². The number of esters is 2. The summed E-state index contributed by atoms with van der Waals surface area (Å²) in [5.41, 5.74) is 1.55. The minimum atomic E-state index is -1.24. The molecular formula is C17H19N3O4. The standard InChI is InChI=1S/C17H19N3O4/c1-17(2)23-15(21)13(16(22)24-17)10-20-12-6-4-11(5-7-12)14-18-8-3-9-19-14/h4-7,10,20H,3,8-9H2,1-2H3,(H,18,19). The Morgan fingerprint density at radius 2 is 1.83 bits per heavy atom. The number of benzene rings is 1. The van der Waals surface area contributed by atoms with Crippen molar-refractivity contribution in [2.45, 2.75) is 26.1 Å². The number of hydrogen-bond acceptors (Lipinski definition) is 7. The maximum atomic E-state index is 11.8. The maximum absolute atomic E-state index is 11.8. The number of carbonyl (C=O) groups is 2. The number of nitrogens with one attached hydrogen (secondary N) is 2. The van der Waals surface area contributed by atoms with E-state index in [0.717, 1.165) is 36.6 Å². The second kappa shape index (κ2) is 6.35. The molecule has 0 saturated carbocycles. The number of carbonyl (C=O) groups excluding carboxylic acids is 2. The Kier molecular flexibility index (Phi) is 4.24. The average molecular weight is 329 g/mol. The van der Waals surface area contributed by atoms with Crippen LogP contribution < -0.4 is 10.6 Å². The van der Waals surface area contributed by atoms with Crippen LogP contribution in [0.2, 0.25) is 0 Å². The number of hydrogen-bond donors (Lipinski definition) is 2. The lowest BCUT2D eigenvalue weighted by Crippen LogP contribution is -2.42. The van der Waals surface area contributed by atoms with Gasteiger partial charge in [0.15, 0.2) is 5.57 Å². The van der Waals surface area contributed by atoms with Crippen LogP contribution in [0.3, 0.4) is 0 Å². The van der Waals surface area contributed by atoms with Crippen LogP contribution in [0.1, 0.15) is 25.8 Å². The van der Waals surface area contributed by atoms with Crippen LogP contribution in [-0.4, -0.2) is 36.7 Å². The monoisotopic (exact) mass is 329 g/mol. The molecule has 0 atom stereocenters. The van der Waals surface area contributed by atoms with Gasteiger partial charge in [0, 0.05) is 44.4 Å². The lowest BCUT2D eigenvalue weighted by Gasteiger charge is -2.29. The van der Waals surface area contributed by atoms with Crippen molar-refractivity contribution in [1.29, 1.82) is 0 Å². The predicted octanol–water partition coefficient (Wildman–Crippen LogP) is 1.56. The largest absolute Gasteiger partial charge is 0.419 e. The Labute approximate surface area is 139 Å². The molecule has 24 heavy (non-hydrogen) atoms. The fourth-order valence-corrected chi connectivity index (χ4v) is 2.38. The summed E-state index contributed by atoms with van der Waals surface area (Å²) in [4.78, 5) is 28.1. The molecule has 0 aromatic heterocycles. The van der Waals surface area contributed by atoms with E-state index in [1.807, 2.05) is 24.3 Å². The number of aliphatic imine (C=N–C) groups is 1. The molecular weight excluding hydrogens is 310 g/mol. The third-order valence-corrected chi connectivity index (χ3v) is 3.56. The lowest BCUT2D eigenvalue weighted by atomic mass is 10.1. The predicted molar refractivity (Wildman–Crippen MR) is 88.4 cm³/mol. The molecule has 7 heteroatoms. The van der Waals surface area contributed by atoms with E-state index < -0.39 is 17.7 Å². The second-order valence-corrected chi connectivity index (χ2v) is 5.97. The highest BCUT2D eigenvalue weighted by atomic mass is 16.7. The minimum absolute atomic E-state index is 0.170. The van der Waals surface area contributed by atoms with Gasteiger partial charge < -0.3 is 20.1 Å². The number of ether oxygens (including phenoxy) is 2. The zero-order valence-electron chi connectivity index (χ0n) is 13.6. The minimum Gasteiger partial charge on any atom is -0.419 e. The summed E-state index contributed by atoms with van der Waals surface area (Å²) in [7, 11) is 0. The summed E-state index contributed by atoms with van der Waals surface area (Å²) in [6, 6.07) is 7.51. The normalized spacial score (nSPS) is 19.6. The van der Waals surface area contributed by atoms with Crippen LogP contribution in [0.4, 0.5) is 5.69 Å². The third kappa shape index (κ3) is 3.56. The quantitative estimate of drug-likeness (QED) is 0.497. The molecule has 1 fully saturated rings. The van der Waals surface area contributed by atoms with Crippen molar-refractivity contribution in [2.75, 3.05) is 18.4 Å². The number of nitrogens with zero attached hydrogens (tertiary/aromatic N) is 1. The molecule has 2 aliphatic heterocycles. The van der Waals surface area contributed by atoms with Gasteiger partial charge in [0.05, 0.1) is 0 Å². The van der Waals surface area contributed by atoms with Gasteiger partial charge in [0.25, 0.3) is 5.79 Å². The fraction of sp³-hybridized carbons (Fsp3) is 0.353. The van der Waals surface area contributed by atoms with Crippen molar-refractivity contribution >= 4 is 23.5 Å². The molecule has 7 nitrogen and oxygen atoms in total. The van der Waals surface area contributed by atoms with E-state index in [1.54, 1.807) is 0 Å². The maximum Gasteiger partial charge on any atom is 0.350 e. The molecule has 2 aliphatic rings. The second-order valence-electron chi connectivity index (χ2n) is 5.97. The van der Waals surface area contributed by atoms with Crippen LogP contribution in [-0.2, 0) is 19.1 Å². The summed E-state index contributed by atoms with van der Waals surface area (Å²) >= 11 is 0. The van der Waals surface area contributed by atoms with Gasteiger partial charge in [0.2, 0.25) is 0 Å². The average Bonchev–Trinajstić information content (AvgIpc) is 2.54. The van der Waals surface area contributed by atoms with Gasteiger partial charge in [-0.15, -0.1) is 0 Å². The molecule has 0 radical (unpaired) electrons. The van der Waals surface area contributed by atoms with Gasteiger partial charge in [-0.25, -0.2) is 9.59 Å². The van der Waals surface area contributed by atoms with E-state index in [0.29, 0.717) is 0 Å². The van der Waals surface area contributed by atoms with Gasteiger partial charge in [-0.3, -0.25) is 4.99 Å². The lowest BCUT2D eigenvalue weighted by molar-refractivity contribution is -0.222. The number of anilines is 1. The summed E-state index contributed by atoms with van der Waals surface area (Å²) in [5, 5.41) is 6.16. The Morgan fingerprint density at radius 3 is 2.42 bits per heavy atom. The summed E-state index contributed by atoms with van der Waals surface area (Å²) < 4.78 is 10.1. The first kappa shape index (κ1) is 16.0. The Hall–Kier alpha value is -2.83. The van der Waals surface area contributed by atoms with Crippen molar-refractivity contribution in [3.8, 4) is 0 Å². The van der Waals surface area contributed by atoms with Crippen molar-refractivity contribution in [3.05, 3.63) is 41.6 Å². The van der Waals surface area contributed by atoms with Crippen LogP contribution in [0.15, 0.2) is 41.0 Å². The zero-order valence-corrected chi connectivity index (χ0v) is 13.6. The fourth-order valence-electron chi connectivity index (χ4n) is 2.38. The molecule has 126 valence electrons. The van der Waals surface area contributed by atoms with Gasteiger partial charge in [-0.05, 0) is 30.7 Å². The van der Waals surface area contributed by atoms with Crippen molar-refractivity contribution in [2.24, 2.45) is 4.99 Å². The summed E-state index contributed by atoms with van der Waals surface area (Å²) in [6.45, 7) is 4.77. The van der Waals surface area contributed by atoms with Crippen LogP contribution in [0.5, 0.6) is 0 Å². The van der Waals surface area contributed by atoms with Crippen LogP contribution >= 0.6 is 0 Å². The van der Waals surface area contributed by atoms with E-state index in [9.17, 15) is 9.59 Å². The Bertz CT molecular complexity index is 698. The molecule has 0 unspecified atom stereocenters. The molecule has 1 aromatic carbocycles. The number of amidine groups is 1. The molecule has 1 aromatic rings. The molecule has 0 amide bonds. The SMILES string of the molecule is CC1(C)OC(=O)C(=CNc2ccc(C3=NCCCN3)cc2)C(=O)O1. The van der Waals surface area contributed by atoms with E-state index in [1.165, 1.54) is 20.0 Å². The molecule has 0 aliphatic carbocycles. The van der Waals surface area contributed by atoms with Gasteiger partial charge in [0.1, 0.15) is 5.84 Å². The molecule has 2 heterocycles. The first-order valence-electron chi connectivity index (χ1n) is 7.77. The van der Waals surface area contributed by atoms with Gasteiger partial charge in [-0.1, -0.05) is 0 Å². The highest BCUT2D eigenvalue weighted by Crippen LogP contribution is 2.22. The third-order valence-electron chi connectivity index (χ3n) is 3.56. The van der Waals surface area contributed by atoms with Crippen molar-refractivity contribution in [1.82, 2.24) is 5.32 Å². The highest BCUT2D eigenvalue weighted by molar-refractivity contribution is 6.15. The van der Waals surface area contributed by atoms with Gasteiger partial charge >= 0.3 is 11.9 Å². The molecule has 1 saturated heterocycles. The molecule has 2 N–H and O–H groups in total. The molecule has 0 spiro atoms. The topological polar surface area (TPSA) is 89.0 Å². The zero-order chi connectivity index (χ0) is 17.2.